The highest BCUT2D eigenvalue weighted by atomic mass is 79.9. The maximum absolute atomic E-state index is 11.7. The first-order valence-electron chi connectivity index (χ1n) is 6.88. The van der Waals surface area contributed by atoms with Crippen LogP contribution in [0.15, 0.2) is 22.7 Å². The van der Waals surface area contributed by atoms with E-state index in [1.54, 1.807) is 21.2 Å². The van der Waals surface area contributed by atoms with Crippen molar-refractivity contribution in [3.8, 4) is 5.75 Å². The van der Waals surface area contributed by atoms with Crippen molar-refractivity contribution in [2.45, 2.75) is 13.0 Å². The Balaban J connectivity index is 2.45. The van der Waals surface area contributed by atoms with Gasteiger partial charge in [0.15, 0.2) is 0 Å². The minimum absolute atomic E-state index is 0.00231. The summed E-state index contributed by atoms with van der Waals surface area (Å²) < 4.78 is 6.05. The summed E-state index contributed by atoms with van der Waals surface area (Å²) in [6.45, 7) is 2.12. The summed E-state index contributed by atoms with van der Waals surface area (Å²) in [5.74, 6) is 0.408. The summed E-state index contributed by atoms with van der Waals surface area (Å²) in [7, 11) is 4.91. The molecule has 0 bridgehead atoms. The van der Waals surface area contributed by atoms with Gasteiger partial charge >= 0.3 is 0 Å². The Morgan fingerprint density at radius 2 is 2.00 bits per heavy atom. The van der Waals surface area contributed by atoms with Crippen LogP contribution in [0, 0.1) is 0 Å². The van der Waals surface area contributed by atoms with Crippen LogP contribution in [0.5, 0.6) is 5.75 Å². The zero-order chi connectivity index (χ0) is 16.7. The normalized spacial score (nSPS) is 11.7. The van der Waals surface area contributed by atoms with Crippen molar-refractivity contribution < 1.29 is 14.3 Å². The van der Waals surface area contributed by atoms with Gasteiger partial charge in [0, 0.05) is 20.1 Å². The number of benzene rings is 1. The van der Waals surface area contributed by atoms with E-state index in [-0.39, 0.29) is 30.9 Å². The van der Waals surface area contributed by atoms with Gasteiger partial charge in [-0.05, 0) is 40.5 Å². The van der Waals surface area contributed by atoms with Crippen molar-refractivity contribution in [3.63, 3.8) is 0 Å². The van der Waals surface area contributed by atoms with Crippen LogP contribution in [0.4, 0.5) is 0 Å². The number of rotatable bonds is 7. The molecule has 22 heavy (non-hydrogen) atoms. The second-order valence-electron chi connectivity index (χ2n) is 5.06. The Morgan fingerprint density at radius 3 is 2.55 bits per heavy atom. The SMILES string of the molecule is COc1ccc([C@H](C)NCC(=O)NCC(=O)N(C)C)cc1Br. The number of methoxy groups -OCH3 is 1. The molecule has 6 nitrogen and oxygen atoms in total. The lowest BCUT2D eigenvalue weighted by Gasteiger charge is -2.16. The molecular weight excluding hydrogens is 350 g/mol. The minimum atomic E-state index is -0.213. The van der Waals surface area contributed by atoms with Gasteiger partial charge in [0.1, 0.15) is 5.75 Å². The van der Waals surface area contributed by atoms with Crippen LogP contribution in [0.3, 0.4) is 0 Å². The second kappa shape index (κ2) is 8.75. The Morgan fingerprint density at radius 1 is 1.32 bits per heavy atom. The number of nitrogens with zero attached hydrogens (tertiary/aromatic N) is 1. The van der Waals surface area contributed by atoms with E-state index < -0.39 is 0 Å². The number of hydrogen-bond acceptors (Lipinski definition) is 4. The van der Waals surface area contributed by atoms with Gasteiger partial charge in [-0.15, -0.1) is 0 Å². The van der Waals surface area contributed by atoms with Gasteiger partial charge in [-0.2, -0.15) is 0 Å². The maximum Gasteiger partial charge on any atom is 0.241 e. The first-order valence-corrected chi connectivity index (χ1v) is 7.68. The third-order valence-corrected chi connectivity index (χ3v) is 3.80. The highest BCUT2D eigenvalue weighted by Crippen LogP contribution is 2.27. The number of carbonyl (C=O) groups excluding carboxylic acids is 2. The van der Waals surface area contributed by atoms with Gasteiger partial charge in [0.2, 0.25) is 11.8 Å². The molecule has 122 valence electrons. The molecule has 1 atom stereocenters. The van der Waals surface area contributed by atoms with E-state index in [1.165, 1.54) is 4.90 Å². The molecule has 0 aromatic heterocycles. The Hall–Kier alpha value is -1.60. The predicted molar refractivity (Wildman–Crippen MR) is 88.8 cm³/mol. The van der Waals surface area contributed by atoms with Crippen LogP contribution in [-0.2, 0) is 9.59 Å². The van der Waals surface area contributed by atoms with Crippen LogP contribution in [0.1, 0.15) is 18.5 Å². The molecule has 2 amide bonds. The van der Waals surface area contributed by atoms with Crippen molar-refractivity contribution in [2.75, 3.05) is 34.3 Å². The first-order chi connectivity index (χ1) is 10.3. The molecule has 1 rings (SSSR count). The monoisotopic (exact) mass is 371 g/mol. The molecule has 0 saturated carbocycles. The lowest BCUT2D eigenvalue weighted by molar-refractivity contribution is -0.130. The molecule has 0 aliphatic rings. The van der Waals surface area contributed by atoms with Gasteiger partial charge in [0.25, 0.3) is 0 Å². The third-order valence-electron chi connectivity index (χ3n) is 3.18. The lowest BCUT2D eigenvalue weighted by Crippen LogP contribution is -2.40. The summed E-state index contributed by atoms with van der Waals surface area (Å²) in [4.78, 5) is 24.5. The summed E-state index contributed by atoms with van der Waals surface area (Å²) >= 11 is 3.44. The number of ether oxygens (including phenoxy) is 1. The average Bonchev–Trinajstić information content (AvgIpc) is 2.49. The van der Waals surface area contributed by atoms with E-state index in [0.717, 1.165) is 15.8 Å². The minimum Gasteiger partial charge on any atom is -0.496 e. The van der Waals surface area contributed by atoms with Crippen LogP contribution in [0.25, 0.3) is 0 Å². The van der Waals surface area contributed by atoms with Crippen molar-refractivity contribution in [1.29, 1.82) is 0 Å². The number of carbonyl (C=O) groups is 2. The number of likely N-dealkylation sites (N-methyl/N-ethyl adjacent to an activating group) is 1. The van der Waals surface area contributed by atoms with Crippen molar-refractivity contribution >= 4 is 27.7 Å². The van der Waals surface area contributed by atoms with Crippen LogP contribution < -0.4 is 15.4 Å². The molecule has 0 saturated heterocycles. The van der Waals surface area contributed by atoms with Crippen LogP contribution in [-0.4, -0.2) is 51.0 Å². The van der Waals surface area contributed by atoms with E-state index >= 15 is 0 Å². The van der Waals surface area contributed by atoms with Crippen molar-refractivity contribution in [1.82, 2.24) is 15.5 Å². The summed E-state index contributed by atoms with van der Waals surface area (Å²) in [5.41, 5.74) is 1.03. The predicted octanol–water partition coefficient (Wildman–Crippen LogP) is 1.31. The van der Waals surface area contributed by atoms with E-state index in [9.17, 15) is 9.59 Å². The molecule has 0 fully saturated rings. The van der Waals surface area contributed by atoms with E-state index in [0.29, 0.717) is 0 Å². The number of nitrogens with one attached hydrogen (secondary N) is 2. The van der Waals surface area contributed by atoms with E-state index in [2.05, 4.69) is 26.6 Å². The maximum atomic E-state index is 11.7. The molecule has 0 aliphatic carbocycles. The number of halogens is 1. The smallest absolute Gasteiger partial charge is 0.241 e. The summed E-state index contributed by atoms with van der Waals surface area (Å²) in [6.07, 6.45) is 0. The molecule has 0 unspecified atom stereocenters. The highest BCUT2D eigenvalue weighted by molar-refractivity contribution is 9.10. The largest absolute Gasteiger partial charge is 0.496 e. The molecule has 7 heteroatoms. The van der Waals surface area contributed by atoms with Crippen LogP contribution in [0.2, 0.25) is 0 Å². The fourth-order valence-electron chi connectivity index (χ4n) is 1.71. The van der Waals surface area contributed by atoms with E-state index in [4.69, 9.17) is 4.74 Å². The van der Waals surface area contributed by atoms with Crippen LogP contribution >= 0.6 is 15.9 Å². The lowest BCUT2D eigenvalue weighted by atomic mass is 10.1. The zero-order valence-electron chi connectivity index (χ0n) is 13.3. The zero-order valence-corrected chi connectivity index (χ0v) is 14.9. The molecular formula is C15H22BrN3O3. The van der Waals surface area contributed by atoms with Gasteiger partial charge < -0.3 is 20.3 Å². The quantitative estimate of drug-likeness (QED) is 0.757. The van der Waals surface area contributed by atoms with Gasteiger partial charge in [0.05, 0.1) is 24.7 Å². The number of hydrogen-bond donors (Lipinski definition) is 2. The van der Waals surface area contributed by atoms with Gasteiger partial charge in [-0.25, -0.2) is 0 Å². The fraction of sp³-hybridized carbons (Fsp3) is 0.467. The molecule has 1 aromatic rings. The highest BCUT2D eigenvalue weighted by Gasteiger charge is 2.11. The first kappa shape index (κ1) is 18.4. The fourth-order valence-corrected chi connectivity index (χ4v) is 2.27. The average molecular weight is 372 g/mol. The second-order valence-corrected chi connectivity index (χ2v) is 5.92. The molecule has 0 spiro atoms. The Bertz CT molecular complexity index is 535. The molecule has 0 aliphatic heterocycles. The van der Waals surface area contributed by atoms with E-state index in [1.807, 2.05) is 25.1 Å². The molecule has 0 radical (unpaired) electrons. The topological polar surface area (TPSA) is 70.7 Å². The standard InChI is InChI=1S/C15H22BrN3O3/c1-10(11-5-6-13(22-4)12(16)7-11)17-8-14(20)18-9-15(21)19(2)3/h5-7,10,17H,8-9H2,1-4H3,(H,18,20)/t10-/m0/s1. The summed E-state index contributed by atoms with van der Waals surface area (Å²) in [5, 5.41) is 5.70. The van der Waals surface area contributed by atoms with Gasteiger partial charge in [-0.1, -0.05) is 6.07 Å². The Kier molecular flexibility index (Phi) is 7.34. The third kappa shape index (κ3) is 5.65. The molecule has 0 heterocycles. The van der Waals surface area contributed by atoms with Gasteiger partial charge in [-0.3, -0.25) is 9.59 Å². The molecule has 1 aromatic carbocycles. The Labute approximate surface area is 139 Å². The number of amides is 2. The van der Waals surface area contributed by atoms with Crippen molar-refractivity contribution in [2.24, 2.45) is 0 Å². The summed E-state index contributed by atoms with van der Waals surface area (Å²) in [6, 6.07) is 5.75. The molecule has 2 N–H and O–H groups in total. The van der Waals surface area contributed by atoms with Crippen molar-refractivity contribution in [3.05, 3.63) is 28.2 Å².